The van der Waals surface area contributed by atoms with E-state index in [1.807, 2.05) is 6.21 Å². The number of hydrogen-bond acceptors (Lipinski definition) is 4. The van der Waals surface area contributed by atoms with E-state index in [0.29, 0.717) is 0 Å². The zero-order valence-electron chi connectivity index (χ0n) is 17.0. The summed E-state index contributed by atoms with van der Waals surface area (Å²) in [7, 11) is 0. The molecule has 2 N–H and O–H groups in total. The van der Waals surface area contributed by atoms with Crippen molar-refractivity contribution in [2.45, 2.75) is 19.8 Å². The van der Waals surface area contributed by atoms with E-state index in [0.717, 1.165) is 44.3 Å². The Morgan fingerprint density at radius 3 is 2.69 bits per heavy atom. The molecule has 0 atom stereocenters. The zero-order chi connectivity index (χ0) is 20.1. The predicted molar refractivity (Wildman–Crippen MR) is 133 cm³/mol. The van der Waals surface area contributed by atoms with Gasteiger partial charge >= 0.3 is 0 Å². The molecule has 1 fully saturated rings. The van der Waals surface area contributed by atoms with E-state index in [-0.39, 0.29) is 0 Å². The molecular weight excluding hydrogens is 471 g/mol. The van der Waals surface area contributed by atoms with Crippen LogP contribution in [0.4, 0.5) is 11.4 Å². The van der Waals surface area contributed by atoms with E-state index in [2.05, 4.69) is 98.7 Å². The predicted octanol–water partition coefficient (Wildman–Crippen LogP) is 5.00. The van der Waals surface area contributed by atoms with Crippen LogP contribution >= 0.6 is 22.6 Å². The summed E-state index contributed by atoms with van der Waals surface area (Å²) in [5, 5.41) is 6.96. The number of rotatable bonds is 6. The van der Waals surface area contributed by atoms with Crippen LogP contribution in [0.2, 0.25) is 0 Å². The lowest BCUT2D eigenvalue weighted by Gasteiger charge is -2.33. The van der Waals surface area contributed by atoms with Gasteiger partial charge in [0.2, 0.25) is 0 Å². The number of fused-ring (bicyclic) bond motifs is 1. The minimum Gasteiger partial charge on any atom is -0.372 e. The standard InChI is InChI=1S/C24H29IN4/c1-2-26-14-18-9-11-29(12-10-18)23-7-5-22(6-8-23)28-17-20-16-27-15-19-3-4-21(25)13-24(19)20/h3-8,13,15,17-18,26,28H,2,9-12,14,16H2,1H3/b20-17+. The smallest absolute Gasteiger partial charge is 0.0660 e. The number of piperidine rings is 1. The highest BCUT2D eigenvalue weighted by Crippen LogP contribution is 2.26. The Labute approximate surface area is 187 Å². The van der Waals surface area contributed by atoms with Crippen LogP contribution in [0.5, 0.6) is 0 Å². The molecule has 2 aliphatic rings. The van der Waals surface area contributed by atoms with Crippen molar-refractivity contribution in [3.8, 4) is 0 Å². The summed E-state index contributed by atoms with van der Waals surface area (Å²) in [6.45, 7) is 7.44. The first-order chi connectivity index (χ1) is 14.2. The second-order valence-electron chi connectivity index (χ2n) is 7.80. The summed E-state index contributed by atoms with van der Waals surface area (Å²) < 4.78 is 1.25. The number of halogens is 1. The third-order valence-electron chi connectivity index (χ3n) is 5.80. The molecule has 0 aliphatic carbocycles. The molecule has 2 aromatic rings. The van der Waals surface area contributed by atoms with E-state index in [9.17, 15) is 0 Å². The molecule has 152 valence electrons. The van der Waals surface area contributed by atoms with Crippen molar-refractivity contribution < 1.29 is 0 Å². The summed E-state index contributed by atoms with van der Waals surface area (Å²) in [5.74, 6) is 0.822. The number of hydrogen-bond donors (Lipinski definition) is 2. The molecule has 1 saturated heterocycles. The van der Waals surface area contributed by atoms with Crippen molar-refractivity contribution in [2.24, 2.45) is 10.9 Å². The molecule has 4 rings (SSSR count). The van der Waals surface area contributed by atoms with Gasteiger partial charge in [0.25, 0.3) is 0 Å². The molecule has 29 heavy (non-hydrogen) atoms. The van der Waals surface area contributed by atoms with Crippen LogP contribution in [-0.4, -0.2) is 38.9 Å². The van der Waals surface area contributed by atoms with Crippen molar-refractivity contribution in [3.63, 3.8) is 0 Å². The van der Waals surface area contributed by atoms with Crippen molar-refractivity contribution in [2.75, 3.05) is 42.9 Å². The Morgan fingerprint density at radius 2 is 1.93 bits per heavy atom. The van der Waals surface area contributed by atoms with Crippen molar-refractivity contribution >= 4 is 45.8 Å². The Kier molecular flexibility index (Phi) is 6.87. The Balaban J connectivity index is 1.37. The van der Waals surface area contributed by atoms with Gasteiger partial charge in [-0.3, -0.25) is 4.99 Å². The largest absolute Gasteiger partial charge is 0.372 e. The molecule has 2 aromatic carbocycles. The van der Waals surface area contributed by atoms with Crippen LogP contribution in [0.25, 0.3) is 5.57 Å². The van der Waals surface area contributed by atoms with Crippen LogP contribution in [0.15, 0.2) is 53.7 Å². The minimum atomic E-state index is 0.722. The van der Waals surface area contributed by atoms with E-state index >= 15 is 0 Å². The Bertz CT molecular complexity index is 880. The molecule has 2 heterocycles. The van der Waals surface area contributed by atoms with Crippen LogP contribution in [-0.2, 0) is 0 Å². The first-order valence-electron chi connectivity index (χ1n) is 10.5. The van der Waals surface area contributed by atoms with Crippen molar-refractivity contribution in [1.29, 1.82) is 0 Å². The molecule has 2 aliphatic heterocycles. The molecule has 0 spiro atoms. The first kappa shape index (κ1) is 20.4. The molecule has 0 amide bonds. The average molecular weight is 500 g/mol. The summed E-state index contributed by atoms with van der Waals surface area (Å²) >= 11 is 2.37. The fourth-order valence-corrected chi connectivity index (χ4v) is 4.54. The van der Waals surface area contributed by atoms with Gasteiger partial charge in [0.15, 0.2) is 0 Å². The number of nitrogens with zero attached hydrogens (tertiary/aromatic N) is 2. The highest BCUT2D eigenvalue weighted by atomic mass is 127. The van der Waals surface area contributed by atoms with Crippen LogP contribution < -0.4 is 15.5 Å². The summed E-state index contributed by atoms with van der Waals surface area (Å²) in [6.07, 6.45) is 6.63. The van der Waals surface area contributed by atoms with Crippen LogP contribution in [0.1, 0.15) is 30.9 Å². The van der Waals surface area contributed by atoms with Gasteiger partial charge in [-0.25, -0.2) is 0 Å². The van der Waals surface area contributed by atoms with Gasteiger partial charge in [0, 0.05) is 40.4 Å². The van der Waals surface area contributed by atoms with Crippen molar-refractivity contribution in [3.05, 3.63) is 63.4 Å². The summed E-state index contributed by atoms with van der Waals surface area (Å²) in [5.41, 5.74) is 6.14. The number of benzene rings is 2. The number of aliphatic imine (C=N–C) groups is 1. The molecule has 0 radical (unpaired) electrons. The lowest BCUT2D eigenvalue weighted by molar-refractivity contribution is 0.386. The second kappa shape index (κ2) is 9.76. The third kappa shape index (κ3) is 5.20. The number of nitrogens with one attached hydrogen (secondary N) is 2. The number of anilines is 2. The minimum absolute atomic E-state index is 0.722. The van der Waals surface area contributed by atoms with E-state index in [1.165, 1.54) is 38.8 Å². The molecule has 0 saturated carbocycles. The maximum atomic E-state index is 4.49. The maximum Gasteiger partial charge on any atom is 0.0660 e. The van der Waals surface area contributed by atoms with Gasteiger partial charge in [-0.05, 0) is 108 Å². The van der Waals surface area contributed by atoms with E-state index in [4.69, 9.17) is 0 Å². The highest BCUT2D eigenvalue weighted by Gasteiger charge is 2.19. The van der Waals surface area contributed by atoms with E-state index in [1.54, 1.807) is 0 Å². The molecule has 4 nitrogen and oxygen atoms in total. The van der Waals surface area contributed by atoms with Gasteiger partial charge in [-0.2, -0.15) is 0 Å². The average Bonchev–Trinajstić information content (AvgIpc) is 2.77. The SMILES string of the molecule is CCNCC1CCN(c2ccc(N/C=C3\CN=Cc4ccc(I)cc43)cc2)CC1. The van der Waals surface area contributed by atoms with Crippen LogP contribution in [0.3, 0.4) is 0 Å². The molecule has 0 unspecified atom stereocenters. The third-order valence-corrected chi connectivity index (χ3v) is 6.47. The first-order valence-corrected chi connectivity index (χ1v) is 11.6. The maximum absolute atomic E-state index is 4.49. The van der Waals surface area contributed by atoms with Gasteiger partial charge < -0.3 is 15.5 Å². The van der Waals surface area contributed by atoms with Gasteiger partial charge in [-0.1, -0.05) is 13.0 Å². The quantitative estimate of drug-likeness (QED) is 0.549. The van der Waals surface area contributed by atoms with Crippen molar-refractivity contribution in [1.82, 2.24) is 5.32 Å². The lowest BCUT2D eigenvalue weighted by Crippen LogP contribution is -2.37. The van der Waals surface area contributed by atoms with Gasteiger partial charge in [0.1, 0.15) is 0 Å². The summed E-state index contributed by atoms with van der Waals surface area (Å²) in [4.78, 5) is 7.01. The topological polar surface area (TPSA) is 39.7 Å². The van der Waals surface area contributed by atoms with Gasteiger partial charge in [0.05, 0.1) is 6.54 Å². The van der Waals surface area contributed by atoms with Crippen LogP contribution in [0, 0.1) is 9.49 Å². The van der Waals surface area contributed by atoms with Gasteiger partial charge in [-0.15, -0.1) is 0 Å². The molecule has 0 bridgehead atoms. The van der Waals surface area contributed by atoms with E-state index < -0.39 is 0 Å². The summed E-state index contributed by atoms with van der Waals surface area (Å²) in [6, 6.07) is 15.3. The monoisotopic (exact) mass is 500 g/mol. The zero-order valence-corrected chi connectivity index (χ0v) is 19.2. The Hall–Kier alpha value is -1.86. The fourth-order valence-electron chi connectivity index (χ4n) is 4.05. The normalized spacial score (nSPS) is 18.1. The Morgan fingerprint density at radius 1 is 1.14 bits per heavy atom. The molecular formula is C24H29IN4. The molecule has 0 aromatic heterocycles. The molecule has 5 heteroatoms. The lowest BCUT2D eigenvalue weighted by atomic mass is 9.96. The second-order valence-corrected chi connectivity index (χ2v) is 9.05. The highest BCUT2D eigenvalue weighted by molar-refractivity contribution is 14.1. The fraction of sp³-hybridized carbons (Fsp3) is 0.375.